The molecule has 0 saturated carbocycles. The minimum atomic E-state index is -0.346. The standard InChI is InChI=1S/C5H14N4O/c1-9(2)4-3-7-5(10)8-6/h3-4,6H2,1-2H3,(H2,7,8,10). The van der Waals surface area contributed by atoms with Crippen molar-refractivity contribution in [1.82, 2.24) is 15.6 Å². The predicted molar refractivity (Wildman–Crippen MR) is 39.3 cm³/mol. The van der Waals surface area contributed by atoms with Crippen LogP contribution in [0.5, 0.6) is 0 Å². The molecule has 0 radical (unpaired) electrons. The number of nitrogens with one attached hydrogen (secondary N) is 2. The Labute approximate surface area is 60.5 Å². The fourth-order valence-electron chi connectivity index (χ4n) is 0.444. The van der Waals surface area contributed by atoms with Gasteiger partial charge in [-0.3, -0.25) is 5.43 Å². The number of hydrogen-bond donors (Lipinski definition) is 3. The number of rotatable bonds is 3. The van der Waals surface area contributed by atoms with Gasteiger partial charge in [-0.05, 0) is 14.1 Å². The van der Waals surface area contributed by atoms with Gasteiger partial charge < -0.3 is 10.2 Å². The molecule has 60 valence electrons. The first kappa shape index (κ1) is 9.19. The molecule has 0 aromatic carbocycles. The lowest BCUT2D eigenvalue weighted by molar-refractivity contribution is 0.240. The van der Waals surface area contributed by atoms with Crippen molar-refractivity contribution in [2.45, 2.75) is 0 Å². The first-order valence-electron chi connectivity index (χ1n) is 3.06. The summed E-state index contributed by atoms with van der Waals surface area (Å²) in [6.07, 6.45) is 0. The molecule has 0 rings (SSSR count). The van der Waals surface area contributed by atoms with Gasteiger partial charge >= 0.3 is 6.03 Å². The molecule has 10 heavy (non-hydrogen) atoms. The van der Waals surface area contributed by atoms with Gasteiger partial charge in [-0.25, -0.2) is 10.6 Å². The average molecular weight is 146 g/mol. The first-order chi connectivity index (χ1) is 4.66. The van der Waals surface area contributed by atoms with Crippen molar-refractivity contribution in [3.63, 3.8) is 0 Å². The van der Waals surface area contributed by atoms with Crippen LogP contribution in [0.4, 0.5) is 4.79 Å². The fourth-order valence-corrected chi connectivity index (χ4v) is 0.444. The summed E-state index contributed by atoms with van der Waals surface area (Å²) in [5, 5.41) is 2.55. The smallest absolute Gasteiger partial charge is 0.328 e. The van der Waals surface area contributed by atoms with Crippen LogP contribution in [-0.4, -0.2) is 38.1 Å². The van der Waals surface area contributed by atoms with Crippen LogP contribution in [0.3, 0.4) is 0 Å². The van der Waals surface area contributed by atoms with Crippen LogP contribution in [0.25, 0.3) is 0 Å². The molecule has 0 spiro atoms. The maximum Gasteiger partial charge on any atom is 0.328 e. The number of likely N-dealkylation sites (N-methyl/N-ethyl adjacent to an activating group) is 1. The molecule has 0 fully saturated rings. The number of urea groups is 1. The summed E-state index contributed by atoms with van der Waals surface area (Å²) >= 11 is 0. The lowest BCUT2D eigenvalue weighted by Gasteiger charge is -2.09. The zero-order valence-electron chi connectivity index (χ0n) is 6.35. The molecule has 0 unspecified atom stereocenters. The average Bonchev–Trinajstić information content (AvgIpc) is 1.87. The second kappa shape index (κ2) is 5.01. The van der Waals surface area contributed by atoms with Gasteiger partial charge in [0.2, 0.25) is 0 Å². The number of carbonyl (C=O) groups is 1. The monoisotopic (exact) mass is 146 g/mol. The van der Waals surface area contributed by atoms with Crippen molar-refractivity contribution in [3.8, 4) is 0 Å². The Balaban J connectivity index is 3.12. The molecule has 0 aliphatic rings. The number of carbonyl (C=O) groups excluding carboxylic acids is 1. The number of nitrogens with zero attached hydrogens (tertiary/aromatic N) is 1. The molecule has 0 aliphatic carbocycles. The highest BCUT2D eigenvalue weighted by atomic mass is 16.2. The highest BCUT2D eigenvalue weighted by molar-refractivity contribution is 5.72. The van der Waals surface area contributed by atoms with E-state index in [1.54, 1.807) is 0 Å². The van der Waals surface area contributed by atoms with Crippen molar-refractivity contribution in [2.24, 2.45) is 5.84 Å². The molecular formula is C5H14N4O. The summed E-state index contributed by atoms with van der Waals surface area (Å²) in [6.45, 7) is 1.42. The van der Waals surface area contributed by atoms with Gasteiger partial charge in [0, 0.05) is 13.1 Å². The van der Waals surface area contributed by atoms with Gasteiger partial charge in [-0.15, -0.1) is 0 Å². The van der Waals surface area contributed by atoms with E-state index in [4.69, 9.17) is 5.84 Å². The molecule has 0 saturated heterocycles. The molecule has 5 nitrogen and oxygen atoms in total. The van der Waals surface area contributed by atoms with Crippen molar-refractivity contribution < 1.29 is 4.79 Å². The summed E-state index contributed by atoms with van der Waals surface area (Å²) < 4.78 is 0. The van der Waals surface area contributed by atoms with Crippen molar-refractivity contribution in [2.75, 3.05) is 27.2 Å². The Morgan fingerprint density at radius 2 is 2.20 bits per heavy atom. The number of nitrogens with two attached hydrogens (primary N) is 1. The fraction of sp³-hybridized carbons (Fsp3) is 0.800. The Kier molecular flexibility index (Phi) is 4.61. The summed E-state index contributed by atoms with van der Waals surface area (Å²) in [6, 6.07) is -0.346. The molecule has 0 aromatic heterocycles. The zero-order chi connectivity index (χ0) is 7.98. The van der Waals surface area contributed by atoms with Crippen LogP contribution in [0.1, 0.15) is 0 Å². The maximum absolute atomic E-state index is 10.4. The largest absolute Gasteiger partial charge is 0.336 e. The highest BCUT2D eigenvalue weighted by Crippen LogP contribution is 1.69. The van der Waals surface area contributed by atoms with E-state index in [1.165, 1.54) is 0 Å². The summed E-state index contributed by atoms with van der Waals surface area (Å²) in [5.74, 6) is 4.81. The molecule has 0 aromatic rings. The van der Waals surface area contributed by atoms with E-state index in [-0.39, 0.29) is 6.03 Å². The second-order valence-electron chi connectivity index (χ2n) is 2.20. The van der Waals surface area contributed by atoms with Gasteiger partial charge in [-0.2, -0.15) is 0 Å². The van der Waals surface area contributed by atoms with E-state index in [9.17, 15) is 4.79 Å². The normalized spacial score (nSPS) is 9.60. The van der Waals surface area contributed by atoms with Gasteiger partial charge in [0.15, 0.2) is 0 Å². The molecule has 0 bridgehead atoms. The summed E-state index contributed by atoms with van der Waals surface area (Å²) in [7, 11) is 3.87. The van der Waals surface area contributed by atoms with E-state index in [1.807, 2.05) is 24.4 Å². The minimum Gasteiger partial charge on any atom is -0.336 e. The SMILES string of the molecule is CN(C)CCNC(=O)NN. The van der Waals surface area contributed by atoms with E-state index in [0.29, 0.717) is 6.54 Å². The van der Waals surface area contributed by atoms with Crippen LogP contribution in [-0.2, 0) is 0 Å². The van der Waals surface area contributed by atoms with E-state index in [2.05, 4.69) is 5.32 Å². The van der Waals surface area contributed by atoms with Gasteiger partial charge in [0.1, 0.15) is 0 Å². The van der Waals surface area contributed by atoms with Crippen LogP contribution in [0.15, 0.2) is 0 Å². The zero-order valence-corrected chi connectivity index (χ0v) is 6.35. The molecule has 4 N–H and O–H groups in total. The van der Waals surface area contributed by atoms with E-state index >= 15 is 0 Å². The van der Waals surface area contributed by atoms with Crippen LogP contribution >= 0.6 is 0 Å². The Morgan fingerprint density at radius 1 is 1.60 bits per heavy atom. The molecule has 0 aliphatic heterocycles. The molecule has 0 heterocycles. The van der Waals surface area contributed by atoms with Crippen molar-refractivity contribution in [3.05, 3.63) is 0 Å². The number of hydrazine groups is 1. The van der Waals surface area contributed by atoms with Gasteiger partial charge in [-0.1, -0.05) is 0 Å². The Morgan fingerprint density at radius 3 is 2.60 bits per heavy atom. The quantitative estimate of drug-likeness (QED) is 0.264. The molecular weight excluding hydrogens is 132 g/mol. The first-order valence-corrected chi connectivity index (χ1v) is 3.06. The third-order valence-electron chi connectivity index (χ3n) is 0.976. The minimum absolute atomic E-state index is 0.346. The van der Waals surface area contributed by atoms with Crippen LogP contribution in [0, 0.1) is 0 Å². The second-order valence-corrected chi connectivity index (χ2v) is 2.20. The lowest BCUT2D eigenvalue weighted by Crippen LogP contribution is -2.42. The summed E-state index contributed by atoms with van der Waals surface area (Å²) in [4.78, 5) is 12.4. The highest BCUT2D eigenvalue weighted by Gasteiger charge is 1.94. The lowest BCUT2D eigenvalue weighted by atomic mass is 10.6. The summed E-state index contributed by atoms with van der Waals surface area (Å²) in [5.41, 5.74) is 1.97. The van der Waals surface area contributed by atoms with Gasteiger partial charge in [0.25, 0.3) is 0 Å². The Bertz CT molecular complexity index is 104. The molecule has 0 atom stereocenters. The van der Waals surface area contributed by atoms with Crippen LogP contribution < -0.4 is 16.6 Å². The van der Waals surface area contributed by atoms with Crippen molar-refractivity contribution in [1.29, 1.82) is 0 Å². The third kappa shape index (κ3) is 5.33. The Hall–Kier alpha value is -0.810. The van der Waals surface area contributed by atoms with Crippen molar-refractivity contribution >= 4 is 6.03 Å². The topological polar surface area (TPSA) is 70.4 Å². The number of hydrogen-bond acceptors (Lipinski definition) is 3. The van der Waals surface area contributed by atoms with Gasteiger partial charge in [0.05, 0.1) is 0 Å². The van der Waals surface area contributed by atoms with Crippen LogP contribution in [0.2, 0.25) is 0 Å². The number of amides is 2. The van der Waals surface area contributed by atoms with E-state index < -0.39 is 0 Å². The molecule has 2 amide bonds. The van der Waals surface area contributed by atoms with E-state index in [0.717, 1.165) is 6.54 Å². The predicted octanol–water partition coefficient (Wildman–Crippen LogP) is -1.28. The maximum atomic E-state index is 10.4. The third-order valence-corrected chi connectivity index (χ3v) is 0.976. The molecule has 5 heteroatoms.